The summed E-state index contributed by atoms with van der Waals surface area (Å²) in [5, 5.41) is 6.90. The lowest BCUT2D eigenvalue weighted by Gasteiger charge is -2.25. The van der Waals surface area contributed by atoms with Gasteiger partial charge in [0.2, 0.25) is 11.8 Å². The molecule has 1 fully saturated rings. The fourth-order valence-corrected chi connectivity index (χ4v) is 3.92. The van der Waals surface area contributed by atoms with Gasteiger partial charge in [0.25, 0.3) is 0 Å². The van der Waals surface area contributed by atoms with Crippen LogP contribution in [0.1, 0.15) is 30.0 Å². The molecule has 0 aliphatic carbocycles. The van der Waals surface area contributed by atoms with Crippen LogP contribution in [0.25, 0.3) is 0 Å². The summed E-state index contributed by atoms with van der Waals surface area (Å²) in [6, 6.07) is 7.62. The number of carbonyl (C=O) groups is 2. The van der Waals surface area contributed by atoms with Crippen molar-refractivity contribution in [3.05, 3.63) is 47.6 Å². The largest absolute Gasteiger partial charge is 0.361 e. The number of likely N-dealkylation sites (tertiary alicyclic amines) is 1. The number of aryl methyl sites for hydroxylation is 1. The molecule has 0 spiro atoms. The van der Waals surface area contributed by atoms with Crippen molar-refractivity contribution in [2.75, 3.05) is 33.7 Å². The molecule has 1 aliphatic rings. The summed E-state index contributed by atoms with van der Waals surface area (Å²) in [5.74, 6) is 0.570. The Kier molecular flexibility index (Phi) is 7.57. The lowest BCUT2D eigenvalue weighted by atomic mass is 10.00. The average Bonchev–Trinajstić information content (AvgIpc) is 3.03. The number of rotatable bonds is 7. The minimum absolute atomic E-state index is 0.0168. The molecule has 1 N–H and O–H groups in total. The Balaban J connectivity index is 1.48. The Morgan fingerprint density at radius 1 is 1.30 bits per heavy atom. The van der Waals surface area contributed by atoms with E-state index < -0.39 is 0 Å². The van der Waals surface area contributed by atoms with E-state index in [9.17, 15) is 9.59 Å². The molecule has 8 nitrogen and oxygen atoms in total. The second-order valence-corrected chi connectivity index (χ2v) is 8.20. The Bertz CT molecular complexity index is 838. The molecule has 3 rings (SSSR count). The van der Waals surface area contributed by atoms with Gasteiger partial charge < -0.3 is 19.6 Å². The summed E-state index contributed by atoms with van der Waals surface area (Å²) in [7, 11) is 3.85. The van der Waals surface area contributed by atoms with Crippen molar-refractivity contribution in [3.63, 3.8) is 0 Å². The standard InChI is InChI=1S/C22H31N5O3/c1-16-12-20(30-25-16)13-21(28)24-19-8-7-17(14-26(2)15-19)22(29)27(3)11-9-18-6-4-5-10-23-18/h4-6,10,12,17,19H,7-9,11,13-15H2,1-3H3,(H,24,28)/t17-,19+/m1/s1. The van der Waals surface area contributed by atoms with Gasteiger partial charge in [-0.1, -0.05) is 11.2 Å². The van der Waals surface area contributed by atoms with Crippen LogP contribution in [0.15, 0.2) is 35.0 Å². The molecular weight excluding hydrogens is 382 g/mol. The second kappa shape index (κ2) is 10.3. The van der Waals surface area contributed by atoms with E-state index in [1.165, 1.54) is 0 Å². The van der Waals surface area contributed by atoms with Crippen LogP contribution in [0.3, 0.4) is 0 Å². The molecule has 162 valence electrons. The van der Waals surface area contributed by atoms with Crippen LogP contribution in [0, 0.1) is 12.8 Å². The van der Waals surface area contributed by atoms with Crippen molar-refractivity contribution in [1.82, 2.24) is 25.3 Å². The van der Waals surface area contributed by atoms with E-state index in [-0.39, 0.29) is 30.2 Å². The fraction of sp³-hybridized carbons (Fsp3) is 0.545. The fourth-order valence-electron chi connectivity index (χ4n) is 3.92. The van der Waals surface area contributed by atoms with Gasteiger partial charge in [-0.15, -0.1) is 0 Å². The van der Waals surface area contributed by atoms with E-state index in [0.29, 0.717) is 18.8 Å². The van der Waals surface area contributed by atoms with Crippen LogP contribution in [0.4, 0.5) is 0 Å². The van der Waals surface area contributed by atoms with Crippen molar-refractivity contribution in [3.8, 4) is 0 Å². The highest BCUT2D eigenvalue weighted by atomic mass is 16.5. The van der Waals surface area contributed by atoms with Crippen molar-refractivity contribution >= 4 is 11.8 Å². The van der Waals surface area contributed by atoms with Gasteiger partial charge in [0.15, 0.2) is 0 Å². The molecule has 0 saturated carbocycles. The number of likely N-dealkylation sites (N-methyl/N-ethyl adjacent to an activating group) is 2. The molecule has 1 aliphatic heterocycles. The third-order valence-corrected chi connectivity index (χ3v) is 5.46. The monoisotopic (exact) mass is 413 g/mol. The SMILES string of the molecule is Cc1cc(CC(=O)N[C@H]2CC[C@@H](C(=O)N(C)CCc3ccccn3)CN(C)C2)on1. The lowest BCUT2D eigenvalue weighted by molar-refractivity contribution is -0.134. The maximum atomic E-state index is 13.0. The molecule has 2 aromatic heterocycles. The summed E-state index contributed by atoms with van der Waals surface area (Å²) >= 11 is 0. The van der Waals surface area contributed by atoms with Gasteiger partial charge in [-0.2, -0.15) is 0 Å². The van der Waals surface area contributed by atoms with E-state index >= 15 is 0 Å². The third-order valence-electron chi connectivity index (χ3n) is 5.46. The molecule has 8 heteroatoms. The third kappa shape index (κ3) is 6.38. The maximum Gasteiger partial charge on any atom is 0.227 e. The molecule has 0 unspecified atom stereocenters. The molecule has 2 aromatic rings. The summed E-state index contributed by atoms with van der Waals surface area (Å²) in [6.07, 6.45) is 4.22. The van der Waals surface area contributed by atoms with Crippen molar-refractivity contribution in [1.29, 1.82) is 0 Å². The molecule has 30 heavy (non-hydrogen) atoms. The van der Waals surface area contributed by atoms with Crippen LogP contribution in [-0.2, 0) is 22.4 Å². The van der Waals surface area contributed by atoms with Crippen LogP contribution in [-0.4, -0.2) is 71.5 Å². The number of hydrogen-bond acceptors (Lipinski definition) is 6. The highest BCUT2D eigenvalue weighted by Gasteiger charge is 2.29. The van der Waals surface area contributed by atoms with Gasteiger partial charge in [0, 0.05) is 57.1 Å². The number of nitrogens with one attached hydrogen (secondary N) is 1. The van der Waals surface area contributed by atoms with Crippen LogP contribution in [0.2, 0.25) is 0 Å². The van der Waals surface area contributed by atoms with E-state index in [1.54, 1.807) is 17.2 Å². The number of hydrogen-bond donors (Lipinski definition) is 1. The van der Waals surface area contributed by atoms with Crippen LogP contribution < -0.4 is 5.32 Å². The minimum Gasteiger partial charge on any atom is -0.361 e. The van der Waals surface area contributed by atoms with Gasteiger partial charge in [0.05, 0.1) is 18.0 Å². The van der Waals surface area contributed by atoms with Gasteiger partial charge >= 0.3 is 0 Å². The smallest absolute Gasteiger partial charge is 0.227 e. The minimum atomic E-state index is -0.0817. The van der Waals surface area contributed by atoms with Crippen molar-refractivity contribution < 1.29 is 14.1 Å². The van der Waals surface area contributed by atoms with Crippen LogP contribution in [0.5, 0.6) is 0 Å². The topological polar surface area (TPSA) is 91.6 Å². The Morgan fingerprint density at radius 3 is 2.83 bits per heavy atom. The number of carbonyl (C=O) groups excluding carboxylic acids is 2. The number of aromatic nitrogens is 2. The number of pyridine rings is 1. The van der Waals surface area contributed by atoms with Gasteiger partial charge in [-0.3, -0.25) is 14.6 Å². The maximum absolute atomic E-state index is 13.0. The summed E-state index contributed by atoms with van der Waals surface area (Å²) in [6.45, 7) is 3.89. The summed E-state index contributed by atoms with van der Waals surface area (Å²) < 4.78 is 5.12. The number of nitrogens with zero attached hydrogens (tertiary/aromatic N) is 4. The summed E-state index contributed by atoms with van der Waals surface area (Å²) in [5.41, 5.74) is 1.75. The zero-order chi connectivity index (χ0) is 21.5. The Labute approximate surface area is 177 Å². The van der Waals surface area contributed by atoms with E-state index in [4.69, 9.17) is 4.52 Å². The molecule has 2 atom stereocenters. The molecule has 3 heterocycles. The summed E-state index contributed by atoms with van der Waals surface area (Å²) in [4.78, 5) is 33.6. The molecule has 0 radical (unpaired) electrons. The first-order valence-corrected chi connectivity index (χ1v) is 10.5. The van der Waals surface area contributed by atoms with Crippen molar-refractivity contribution in [2.24, 2.45) is 5.92 Å². The quantitative estimate of drug-likeness (QED) is 0.739. The van der Waals surface area contributed by atoms with Gasteiger partial charge in [0.1, 0.15) is 5.76 Å². The molecule has 1 saturated heterocycles. The van der Waals surface area contributed by atoms with E-state index in [1.807, 2.05) is 39.2 Å². The molecular formula is C22H31N5O3. The average molecular weight is 414 g/mol. The highest BCUT2D eigenvalue weighted by Crippen LogP contribution is 2.18. The zero-order valence-corrected chi connectivity index (χ0v) is 18.0. The van der Waals surface area contributed by atoms with Gasteiger partial charge in [-0.05, 0) is 38.9 Å². The first kappa shape index (κ1) is 22.0. The Hall–Kier alpha value is -2.74. The zero-order valence-electron chi connectivity index (χ0n) is 18.0. The van der Waals surface area contributed by atoms with Crippen LogP contribution >= 0.6 is 0 Å². The molecule has 2 amide bonds. The molecule has 0 bridgehead atoms. The van der Waals surface area contributed by atoms with Gasteiger partial charge in [-0.25, -0.2) is 0 Å². The molecule has 0 aromatic carbocycles. The van der Waals surface area contributed by atoms with E-state index in [0.717, 1.165) is 37.2 Å². The highest BCUT2D eigenvalue weighted by molar-refractivity contribution is 5.79. The predicted octanol–water partition coefficient (Wildman–Crippen LogP) is 1.45. The number of amides is 2. The second-order valence-electron chi connectivity index (χ2n) is 8.20. The first-order valence-electron chi connectivity index (χ1n) is 10.5. The van der Waals surface area contributed by atoms with Crippen molar-refractivity contribution in [2.45, 2.75) is 38.6 Å². The Morgan fingerprint density at radius 2 is 2.13 bits per heavy atom. The van der Waals surface area contributed by atoms with E-state index in [2.05, 4.69) is 20.4 Å². The predicted molar refractivity (Wildman–Crippen MR) is 113 cm³/mol. The first-order chi connectivity index (χ1) is 14.4. The normalized spacial score (nSPS) is 19.8. The lowest BCUT2D eigenvalue weighted by Crippen LogP contribution is -2.42.